The Labute approximate surface area is 143 Å². The predicted molar refractivity (Wildman–Crippen MR) is 94.0 cm³/mol. The van der Waals surface area contributed by atoms with Crippen LogP contribution in [-0.4, -0.2) is 10.8 Å². The van der Waals surface area contributed by atoms with Crippen LogP contribution >= 0.6 is 0 Å². The van der Waals surface area contributed by atoms with Crippen molar-refractivity contribution in [3.05, 3.63) is 94.5 Å². The molecule has 0 unspecified atom stereocenters. The first kappa shape index (κ1) is 16.2. The maximum atomic E-state index is 12.5. The lowest BCUT2D eigenvalue weighted by Gasteiger charge is -2.12. The smallest absolute Gasteiger partial charge is 0.282 e. The van der Waals surface area contributed by atoms with Crippen LogP contribution < -0.4 is 10.1 Å². The molecule has 0 fully saturated rings. The number of anilines is 1. The van der Waals surface area contributed by atoms with Gasteiger partial charge >= 0.3 is 0 Å². The molecule has 0 spiro atoms. The summed E-state index contributed by atoms with van der Waals surface area (Å²) in [7, 11) is 0. The number of hydrogen-bond acceptors (Lipinski definition) is 4. The van der Waals surface area contributed by atoms with Crippen molar-refractivity contribution in [1.29, 1.82) is 0 Å². The summed E-state index contributed by atoms with van der Waals surface area (Å²) in [4.78, 5) is 23.0. The molecule has 1 N–H and O–H groups in total. The van der Waals surface area contributed by atoms with Gasteiger partial charge in [-0.25, -0.2) is 0 Å². The summed E-state index contributed by atoms with van der Waals surface area (Å²) in [5.41, 5.74) is 0.165. The van der Waals surface area contributed by atoms with Gasteiger partial charge in [-0.2, -0.15) is 0 Å². The average Bonchev–Trinajstić information content (AvgIpc) is 2.64. The van der Waals surface area contributed by atoms with Gasteiger partial charge in [0.15, 0.2) is 5.75 Å². The summed E-state index contributed by atoms with van der Waals surface area (Å²) in [6.45, 7) is 0. The zero-order valence-corrected chi connectivity index (χ0v) is 13.1. The number of nitrogens with zero attached hydrogens (tertiary/aromatic N) is 1. The number of benzene rings is 3. The lowest BCUT2D eigenvalue weighted by Crippen LogP contribution is -2.14. The van der Waals surface area contributed by atoms with E-state index in [1.54, 1.807) is 42.5 Å². The normalized spacial score (nSPS) is 10.1. The number of para-hydroxylation sites is 4. The molecule has 124 valence electrons. The summed E-state index contributed by atoms with van der Waals surface area (Å²) in [6.07, 6.45) is 0. The third-order valence-electron chi connectivity index (χ3n) is 3.45. The van der Waals surface area contributed by atoms with E-state index in [2.05, 4.69) is 5.32 Å². The lowest BCUT2D eigenvalue weighted by molar-refractivity contribution is -0.385. The van der Waals surface area contributed by atoms with Crippen molar-refractivity contribution in [3.8, 4) is 11.5 Å². The van der Waals surface area contributed by atoms with Gasteiger partial charge in [0.25, 0.3) is 11.6 Å². The quantitative estimate of drug-likeness (QED) is 0.544. The maximum absolute atomic E-state index is 12.5. The Balaban J connectivity index is 1.86. The molecular formula is C19H14N2O4. The minimum absolute atomic E-state index is 0.0120. The van der Waals surface area contributed by atoms with Crippen LogP contribution in [0.15, 0.2) is 78.9 Å². The fourth-order valence-corrected chi connectivity index (χ4v) is 2.29. The molecule has 0 saturated heterocycles. The molecule has 25 heavy (non-hydrogen) atoms. The maximum Gasteiger partial charge on any atom is 0.282 e. The Bertz CT molecular complexity index is 910. The Morgan fingerprint density at radius 2 is 1.52 bits per heavy atom. The molecule has 6 nitrogen and oxygen atoms in total. The van der Waals surface area contributed by atoms with Gasteiger partial charge in [-0.15, -0.1) is 0 Å². The number of hydrogen-bond donors (Lipinski definition) is 1. The number of carbonyl (C=O) groups is 1. The predicted octanol–water partition coefficient (Wildman–Crippen LogP) is 4.64. The van der Waals surface area contributed by atoms with Crippen LogP contribution in [0.3, 0.4) is 0 Å². The first-order chi connectivity index (χ1) is 12.1. The zero-order valence-electron chi connectivity index (χ0n) is 13.1. The fourth-order valence-electron chi connectivity index (χ4n) is 2.29. The van der Waals surface area contributed by atoms with Crippen molar-refractivity contribution in [1.82, 2.24) is 0 Å². The number of nitro benzene ring substituents is 1. The standard InChI is InChI=1S/C19H14N2O4/c22-19(15-10-4-6-12-17(15)21(23)24)20-16-11-5-7-13-18(16)25-14-8-2-1-3-9-14/h1-13H,(H,20,22). The highest BCUT2D eigenvalue weighted by Gasteiger charge is 2.20. The lowest BCUT2D eigenvalue weighted by atomic mass is 10.1. The fraction of sp³-hybridized carbons (Fsp3) is 0. The number of ether oxygens (including phenoxy) is 1. The molecule has 0 aliphatic heterocycles. The SMILES string of the molecule is O=C(Nc1ccccc1Oc1ccccc1)c1ccccc1[N+](=O)[O-]. The average molecular weight is 334 g/mol. The van der Waals surface area contributed by atoms with Gasteiger partial charge in [-0.3, -0.25) is 14.9 Å². The molecule has 0 bridgehead atoms. The molecule has 3 aromatic rings. The molecular weight excluding hydrogens is 320 g/mol. The van der Waals surface area contributed by atoms with Crippen LogP contribution in [0.25, 0.3) is 0 Å². The van der Waals surface area contributed by atoms with E-state index < -0.39 is 10.8 Å². The Hall–Kier alpha value is -3.67. The van der Waals surface area contributed by atoms with E-state index in [-0.39, 0.29) is 11.3 Å². The molecule has 0 atom stereocenters. The summed E-state index contributed by atoms with van der Waals surface area (Å²) in [5, 5.41) is 13.8. The Morgan fingerprint density at radius 1 is 0.880 bits per heavy atom. The number of nitrogens with one attached hydrogen (secondary N) is 1. The van der Waals surface area contributed by atoms with Crippen molar-refractivity contribution in [2.24, 2.45) is 0 Å². The highest BCUT2D eigenvalue weighted by Crippen LogP contribution is 2.30. The number of amides is 1. The van der Waals surface area contributed by atoms with E-state index in [1.165, 1.54) is 18.2 Å². The molecule has 0 radical (unpaired) electrons. The monoisotopic (exact) mass is 334 g/mol. The van der Waals surface area contributed by atoms with Gasteiger partial charge in [0.05, 0.1) is 10.6 Å². The van der Waals surface area contributed by atoms with E-state index in [0.29, 0.717) is 17.2 Å². The van der Waals surface area contributed by atoms with Gasteiger partial charge in [-0.05, 0) is 30.3 Å². The van der Waals surface area contributed by atoms with Gasteiger partial charge in [0.1, 0.15) is 11.3 Å². The zero-order chi connectivity index (χ0) is 17.6. The van der Waals surface area contributed by atoms with Gasteiger partial charge < -0.3 is 10.1 Å². The van der Waals surface area contributed by atoms with Crippen LogP contribution in [0.1, 0.15) is 10.4 Å². The van der Waals surface area contributed by atoms with Crippen molar-refractivity contribution in [2.75, 3.05) is 5.32 Å². The largest absolute Gasteiger partial charge is 0.455 e. The molecule has 0 saturated carbocycles. The third kappa shape index (κ3) is 3.81. The summed E-state index contributed by atoms with van der Waals surface area (Å²) >= 11 is 0. The first-order valence-corrected chi connectivity index (χ1v) is 7.52. The number of nitro groups is 1. The second kappa shape index (κ2) is 7.27. The minimum atomic E-state index is -0.582. The molecule has 0 aliphatic rings. The van der Waals surface area contributed by atoms with E-state index in [4.69, 9.17) is 4.74 Å². The van der Waals surface area contributed by atoms with Crippen molar-refractivity contribution in [3.63, 3.8) is 0 Å². The summed E-state index contributed by atoms with van der Waals surface area (Å²) in [6, 6.07) is 21.8. The Morgan fingerprint density at radius 3 is 2.28 bits per heavy atom. The Kier molecular flexibility index (Phi) is 4.71. The molecule has 0 heterocycles. The van der Waals surface area contributed by atoms with Crippen molar-refractivity contribution >= 4 is 17.3 Å². The second-order valence-electron chi connectivity index (χ2n) is 5.14. The first-order valence-electron chi connectivity index (χ1n) is 7.52. The molecule has 0 aliphatic carbocycles. The van der Waals surface area contributed by atoms with Crippen LogP contribution in [0.2, 0.25) is 0 Å². The number of carbonyl (C=O) groups excluding carboxylic acids is 1. The van der Waals surface area contributed by atoms with E-state index in [9.17, 15) is 14.9 Å². The van der Waals surface area contributed by atoms with Gasteiger partial charge in [-0.1, -0.05) is 42.5 Å². The van der Waals surface area contributed by atoms with Crippen molar-refractivity contribution < 1.29 is 14.5 Å². The molecule has 1 amide bonds. The van der Waals surface area contributed by atoms with Gasteiger partial charge in [0.2, 0.25) is 0 Å². The van der Waals surface area contributed by atoms with Gasteiger partial charge in [0, 0.05) is 6.07 Å². The third-order valence-corrected chi connectivity index (χ3v) is 3.45. The van der Waals surface area contributed by atoms with E-state index >= 15 is 0 Å². The summed E-state index contributed by atoms with van der Waals surface area (Å²) < 4.78 is 5.78. The molecule has 6 heteroatoms. The van der Waals surface area contributed by atoms with E-state index in [0.717, 1.165) is 0 Å². The van der Waals surface area contributed by atoms with Crippen LogP contribution in [0.4, 0.5) is 11.4 Å². The highest BCUT2D eigenvalue weighted by atomic mass is 16.6. The molecule has 0 aromatic heterocycles. The van der Waals surface area contributed by atoms with Crippen LogP contribution in [0, 0.1) is 10.1 Å². The van der Waals surface area contributed by atoms with Crippen LogP contribution in [0.5, 0.6) is 11.5 Å². The minimum Gasteiger partial charge on any atom is -0.455 e. The highest BCUT2D eigenvalue weighted by molar-refractivity contribution is 6.07. The molecule has 3 rings (SSSR count). The van der Waals surface area contributed by atoms with E-state index in [1.807, 2.05) is 18.2 Å². The number of rotatable bonds is 5. The molecule has 3 aromatic carbocycles. The summed E-state index contributed by atoms with van der Waals surface area (Å²) in [5.74, 6) is 0.493. The topological polar surface area (TPSA) is 81.5 Å². The van der Waals surface area contributed by atoms with Crippen molar-refractivity contribution in [2.45, 2.75) is 0 Å². The van der Waals surface area contributed by atoms with Crippen LogP contribution in [-0.2, 0) is 0 Å². The second-order valence-corrected chi connectivity index (χ2v) is 5.14.